The molecule has 15 heavy (non-hydrogen) atoms. The highest BCUT2D eigenvalue weighted by Crippen LogP contribution is 1.96. The Hall–Kier alpha value is -1.00. The number of aromatic nitrogens is 1. The molecule has 4 heteroatoms. The molecule has 82 valence electrons. The van der Waals surface area contributed by atoms with Crippen LogP contribution in [0.5, 0.6) is 0 Å². The molecule has 0 saturated heterocycles. The van der Waals surface area contributed by atoms with E-state index in [0.29, 0.717) is 18.2 Å². The maximum atomic E-state index is 5.43. The van der Waals surface area contributed by atoms with E-state index >= 15 is 0 Å². The summed E-state index contributed by atoms with van der Waals surface area (Å²) in [6, 6.07) is 5.89. The highest BCUT2D eigenvalue weighted by molar-refractivity contribution is 7.80. The van der Waals surface area contributed by atoms with Gasteiger partial charge < -0.3 is 10.5 Å². The van der Waals surface area contributed by atoms with Crippen LogP contribution in [0.25, 0.3) is 0 Å². The molecule has 0 atom stereocenters. The van der Waals surface area contributed by atoms with E-state index in [1.807, 2.05) is 18.2 Å². The minimum Gasteiger partial charge on any atom is -0.393 e. The molecule has 0 fully saturated rings. The Balaban J connectivity index is 2.00. The van der Waals surface area contributed by atoms with Crippen molar-refractivity contribution in [1.82, 2.24) is 4.98 Å². The number of nitrogens with two attached hydrogens (primary N) is 1. The topological polar surface area (TPSA) is 48.1 Å². The molecule has 1 rings (SSSR count). The number of ether oxygens (including phenoxy) is 1. The van der Waals surface area contributed by atoms with Crippen LogP contribution in [-0.2, 0) is 11.2 Å². The molecule has 0 unspecified atom stereocenters. The third-order valence-corrected chi connectivity index (χ3v) is 2.14. The Morgan fingerprint density at radius 1 is 1.40 bits per heavy atom. The van der Waals surface area contributed by atoms with E-state index in [9.17, 15) is 0 Å². The quantitative estimate of drug-likeness (QED) is 0.566. The Bertz CT molecular complexity index is 290. The summed E-state index contributed by atoms with van der Waals surface area (Å²) in [5.74, 6) is 0. The normalized spacial score (nSPS) is 10.1. The fourth-order valence-corrected chi connectivity index (χ4v) is 1.32. The summed E-state index contributed by atoms with van der Waals surface area (Å²) in [6.45, 7) is 1.42. The van der Waals surface area contributed by atoms with Gasteiger partial charge in [-0.25, -0.2) is 0 Å². The molecule has 0 bridgehead atoms. The van der Waals surface area contributed by atoms with E-state index in [-0.39, 0.29) is 0 Å². The van der Waals surface area contributed by atoms with E-state index in [0.717, 1.165) is 25.0 Å². The molecular formula is C11H16N2OS. The van der Waals surface area contributed by atoms with Gasteiger partial charge in [0.1, 0.15) is 0 Å². The predicted octanol–water partition coefficient (Wildman–Crippen LogP) is 1.71. The van der Waals surface area contributed by atoms with Gasteiger partial charge in [-0.15, -0.1) is 0 Å². The molecule has 0 aliphatic rings. The SMILES string of the molecule is NC(=S)CCCOCCc1ccccn1. The van der Waals surface area contributed by atoms with Crippen LogP contribution in [0, 0.1) is 0 Å². The molecule has 0 radical (unpaired) electrons. The summed E-state index contributed by atoms with van der Waals surface area (Å²) in [6.07, 6.45) is 4.31. The largest absolute Gasteiger partial charge is 0.393 e. The number of pyridine rings is 1. The third kappa shape index (κ3) is 6.14. The first kappa shape index (κ1) is 12.1. The second kappa shape index (κ2) is 7.31. The summed E-state index contributed by atoms with van der Waals surface area (Å²) in [4.78, 5) is 4.76. The van der Waals surface area contributed by atoms with Crippen LogP contribution < -0.4 is 5.73 Å². The lowest BCUT2D eigenvalue weighted by Crippen LogP contribution is -2.09. The average molecular weight is 224 g/mol. The molecule has 3 nitrogen and oxygen atoms in total. The zero-order chi connectivity index (χ0) is 10.9. The molecule has 1 aromatic rings. The fourth-order valence-electron chi connectivity index (χ4n) is 1.17. The molecule has 2 N–H and O–H groups in total. The summed E-state index contributed by atoms with van der Waals surface area (Å²) in [7, 11) is 0. The molecule has 0 aliphatic carbocycles. The first-order valence-electron chi connectivity index (χ1n) is 5.05. The summed E-state index contributed by atoms with van der Waals surface area (Å²) in [5, 5.41) is 0. The second-order valence-electron chi connectivity index (χ2n) is 3.25. The van der Waals surface area contributed by atoms with Crippen LogP contribution in [0.2, 0.25) is 0 Å². The summed E-state index contributed by atoms with van der Waals surface area (Å²) in [5.41, 5.74) is 6.43. The smallest absolute Gasteiger partial charge is 0.0728 e. The number of hydrogen-bond donors (Lipinski definition) is 1. The van der Waals surface area contributed by atoms with Crippen LogP contribution in [0.4, 0.5) is 0 Å². The minimum atomic E-state index is 0.559. The Kier molecular flexibility index (Phi) is 5.88. The van der Waals surface area contributed by atoms with Crippen LogP contribution in [0.3, 0.4) is 0 Å². The van der Waals surface area contributed by atoms with Crippen molar-refractivity contribution in [2.75, 3.05) is 13.2 Å². The first-order chi connectivity index (χ1) is 7.29. The standard InChI is InChI=1S/C11H16N2OS/c12-11(15)5-3-8-14-9-6-10-4-1-2-7-13-10/h1-2,4,7H,3,5-6,8-9H2,(H2,12,15). The van der Waals surface area contributed by atoms with Gasteiger partial charge in [-0.05, 0) is 25.0 Å². The first-order valence-corrected chi connectivity index (χ1v) is 5.46. The molecule has 0 aliphatic heterocycles. The summed E-state index contributed by atoms with van der Waals surface area (Å²) >= 11 is 4.76. The second-order valence-corrected chi connectivity index (χ2v) is 3.78. The number of nitrogens with zero attached hydrogens (tertiary/aromatic N) is 1. The highest BCUT2D eigenvalue weighted by atomic mass is 32.1. The van der Waals surface area contributed by atoms with Crippen molar-refractivity contribution >= 4 is 17.2 Å². The molecule has 0 amide bonds. The molecule has 0 saturated carbocycles. The molecule has 1 heterocycles. The monoisotopic (exact) mass is 224 g/mol. The van der Waals surface area contributed by atoms with Gasteiger partial charge in [-0.1, -0.05) is 18.3 Å². The highest BCUT2D eigenvalue weighted by Gasteiger charge is 1.94. The van der Waals surface area contributed by atoms with E-state index < -0.39 is 0 Å². The number of rotatable bonds is 7. The molecule has 0 spiro atoms. The lowest BCUT2D eigenvalue weighted by molar-refractivity contribution is 0.135. The van der Waals surface area contributed by atoms with Crippen molar-refractivity contribution in [2.24, 2.45) is 5.73 Å². The van der Waals surface area contributed by atoms with Crippen LogP contribution in [0.15, 0.2) is 24.4 Å². The van der Waals surface area contributed by atoms with Crippen molar-refractivity contribution in [2.45, 2.75) is 19.3 Å². The zero-order valence-corrected chi connectivity index (χ0v) is 9.50. The van der Waals surface area contributed by atoms with Gasteiger partial charge in [0.05, 0.1) is 11.6 Å². The van der Waals surface area contributed by atoms with Crippen molar-refractivity contribution in [3.05, 3.63) is 30.1 Å². The van der Waals surface area contributed by atoms with E-state index in [2.05, 4.69) is 4.98 Å². The maximum absolute atomic E-state index is 5.43. The average Bonchev–Trinajstić information content (AvgIpc) is 2.24. The zero-order valence-electron chi connectivity index (χ0n) is 8.69. The van der Waals surface area contributed by atoms with Gasteiger partial charge in [0.25, 0.3) is 0 Å². The van der Waals surface area contributed by atoms with Crippen molar-refractivity contribution < 1.29 is 4.74 Å². The Morgan fingerprint density at radius 2 is 2.27 bits per heavy atom. The third-order valence-electron chi connectivity index (χ3n) is 1.94. The van der Waals surface area contributed by atoms with Gasteiger partial charge in [0.15, 0.2) is 0 Å². The minimum absolute atomic E-state index is 0.559. The molecule has 0 aromatic carbocycles. The number of thiocarbonyl (C=S) groups is 1. The van der Waals surface area contributed by atoms with Gasteiger partial charge in [-0.3, -0.25) is 4.98 Å². The van der Waals surface area contributed by atoms with E-state index in [1.54, 1.807) is 6.20 Å². The van der Waals surface area contributed by atoms with Crippen molar-refractivity contribution in [1.29, 1.82) is 0 Å². The predicted molar refractivity (Wildman–Crippen MR) is 64.8 cm³/mol. The lowest BCUT2D eigenvalue weighted by atomic mass is 10.3. The lowest BCUT2D eigenvalue weighted by Gasteiger charge is -2.03. The van der Waals surface area contributed by atoms with Gasteiger partial charge >= 0.3 is 0 Å². The van der Waals surface area contributed by atoms with Crippen molar-refractivity contribution in [3.63, 3.8) is 0 Å². The van der Waals surface area contributed by atoms with Crippen LogP contribution in [0.1, 0.15) is 18.5 Å². The Morgan fingerprint density at radius 3 is 2.93 bits per heavy atom. The molecular weight excluding hydrogens is 208 g/mol. The van der Waals surface area contributed by atoms with Gasteiger partial charge in [0, 0.05) is 24.9 Å². The maximum Gasteiger partial charge on any atom is 0.0728 e. The fraction of sp³-hybridized carbons (Fsp3) is 0.455. The van der Waals surface area contributed by atoms with Gasteiger partial charge in [0.2, 0.25) is 0 Å². The van der Waals surface area contributed by atoms with E-state index in [1.165, 1.54) is 0 Å². The Labute approximate surface area is 95.7 Å². The summed E-state index contributed by atoms with van der Waals surface area (Å²) < 4.78 is 5.43. The van der Waals surface area contributed by atoms with Gasteiger partial charge in [-0.2, -0.15) is 0 Å². The van der Waals surface area contributed by atoms with Crippen molar-refractivity contribution in [3.8, 4) is 0 Å². The molecule has 1 aromatic heterocycles. The van der Waals surface area contributed by atoms with E-state index in [4.69, 9.17) is 22.7 Å². The van der Waals surface area contributed by atoms with Crippen LogP contribution >= 0.6 is 12.2 Å². The number of hydrogen-bond acceptors (Lipinski definition) is 3. The van der Waals surface area contributed by atoms with Crippen LogP contribution in [-0.4, -0.2) is 23.2 Å².